The van der Waals surface area contributed by atoms with Gasteiger partial charge in [-0.15, -0.1) is 0 Å². The lowest BCUT2D eigenvalue weighted by molar-refractivity contribution is -0.140. The number of hydrogen-bond acceptors (Lipinski definition) is 6. The number of ether oxygens (including phenoxy) is 1. The maximum Gasteiger partial charge on any atom is 0.337 e. The summed E-state index contributed by atoms with van der Waals surface area (Å²) in [5, 5.41) is 11.0. The highest BCUT2D eigenvalue weighted by Gasteiger charge is 2.46. The highest BCUT2D eigenvalue weighted by molar-refractivity contribution is 6.46. The van der Waals surface area contributed by atoms with E-state index in [2.05, 4.69) is 4.98 Å². The van der Waals surface area contributed by atoms with Crippen molar-refractivity contribution in [3.05, 3.63) is 106 Å². The van der Waals surface area contributed by atoms with Gasteiger partial charge in [0.05, 0.1) is 24.3 Å². The number of aliphatic hydroxyl groups is 1. The second-order valence-electron chi connectivity index (χ2n) is 7.86. The maximum atomic E-state index is 14.2. The average Bonchev–Trinajstić information content (AvgIpc) is 3.10. The summed E-state index contributed by atoms with van der Waals surface area (Å²) in [5.41, 5.74) is 1.82. The van der Waals surface area contributed by atoms with Crippen LogP contribution < -0.4 is 0 Å². The fourth-order valence-corrected chi connectivity index (χ4v) is 3.89. The molecular formula is C26H21FN2O5. The molecule has 7 nitrogen and oxygen atoms in total. The van der Waals surface area contributed by atoms with Gasteiger partial charge >= 0.3 is 5.97 Å². The molecule has 0 aliphatic carbocycles. The van der Waals surface area contributed by atoms with E-state index in [0.29, 0.717) is 11.1 Å². The van der Waals surface area contributed by atoms with Crippen molar-refractivity contribution in [1.82, 2.24) is 9.88 Å². The highest BCUT2D eigenvalue weighted by atomic mass is 19.1. The molecule has 1 amide bonds. The zero-order chi connectivity index (χ0) is 24.4. The van der Waals surface area contributed by atoms with Gasteiger partial charge in [0, 0.05) is 24.5 Å². The van der Waals surface area contributed by atoms with Gasteiger partial charge in [0.1, 0.15) is 11.6 Å². The van der Waals surface area contributed by atoms with Crippen LogP contribution >= 0.6 is 0 Å². The topological polar surface area (TPSA) is 96.8 Å². The number of pyridine rings is 1. The van der Waals surface area contributed by atoms with E-state index in [1.165, 1.54) is 36.3 Å². The average molecular weight is 460 g/mol. The molecule has 0 bridgehead atoms. The lowest BCUT2D eigenvalue weighted by Crippen LogP contribution is -2.29. The molecular weight excluding hydrogens is 439 g/mol. The van der Waals surface area contributed by atoms with Gasteiger partial charge in [-0.25, -0.2) is 9.18 Å². The highest BCUT2D eigenvalue weighted by Crippen LogP contribution is 2.40. The van der Waals surface area contributed by atoms with Crippen LogP contribution in [0.15, 0.2) is 72.6 Å². The van der Waals surface area contributed by atoms with Gasteiger partial charge in [0.25, 0.3) is 11.7 Å². The minimum Gasteiger partial charge on any atom is -0.507 e. The fourth-order valence-electron chi connectivity index (χ4n) is 3.89. The van der Waals surface area contributed by atoms with Gasteiger partial charge in [-0.2, -0.15) is 0 Å². The lowest BCUT2D eigenvalue weighted by atomic mass is 9.94. The monoisotopic (exact) mass is 460 g/mol. The van der Waals surface area contributed by atoms with Crippen molar-refractivity contribution in [3.8, 4) is 0 Å². The van der Waals surface area contributed by atoms with Crippen molar-refractivity contribution < 1.29 is 28.6 Å². The molecule has 0 spiro atoms. The normalized spacial score (nSPS) is 17.1. The molecule has 34 heavy (non-hydrogen) atoms. The summed E-state index contributed by atoms with van der Waals surface area (Å²) in [7, 11) is 1.26. The molecule has 0 saturated carbocycles. The third-order valence-corrected chi connectivity index (χ3v) is 5.74. The van der Waals surface area contributed by atoms with Crippen LogP contribution in [0.2, 0.25) is 0 Å². The first kappa shape index (κ1) is 22.8. The van der Waals surface area contributed by atoms with E-state index in [1.807, 2.05) is 0 Å². The van der Waals surface area contributed by atoms with Crippen LogP contribution in [0, 0.1) is 12.7 Å². The fraction of sp³-hybridized carbons (Fsp3) is 0.154. The molecule has 1 aliphatic heterocycles. The molecule has 3 aromatic rings. The standard InChI is InChI=1S/C26H21FN2O5/c1-15-3-4-19(13-20(15)27)23(30)21-22(17-5-7-18(8-6-17)26(33)34-2)29(25(32)24(21)31)14-16-9-11-28-12-10-16/h3-13,22,30H,14H2,1-2H3/t22-/m0/s1. The number of methoxy groups -OCH3 is 1. The predicted octanol–water partition coefficient (Wildman–Crippen LogP) is 3.94. The number of aliphatic hydroxyl groups excluding tert-OH is 1. The summed E-state index contributed by atoms with van der Waals surface area (Å²) in [4.78, 5) is 43.3. The Balaban J connectivity index is 1.86. The molecule has 2 aromatic carbocycles. The van der Waals surface area contributed by atoms with Crippen LogP contribution in [0.3, 0.4) is 0 Å². The van der Waals surface area contributed by atoms with Crippen LogP contribution in [0.1, 0.15) is 38.7 Å². The van der Waals surface area contributed by atoms with Gasteiger partial charge in [-0.3, -0.25) is 14.6 Å². The SMILES string of the molecule is COC(=O)c1ccc([C@H]2C(=C(O)c3ccc(C)c(F)c3)C(=O)C(=O)N2Cc2ccncc2)cc1. The Hall–Kier alpha value is -4.33. The Kier molecular flexibility index (Phi) is 6.23. The van der Waals surface area contributed by atoms with Crippen molar-refractivity contribution in [1.29, 1.82) is 0 Å². The lowest BCUT2D eigenvalue weighted by Gasteiger charge is -2.25. The molecule has 4 rings (SSSR count). The third-order valence-electron chi connectivity index (χ3n) is 5.74. The molecule has 0 unspecified atom stereocenters. The van der Waals surface area contributed by atoms with Crippen LogP contribution in [0.5, 0.6) is 0 Å². The molecule has 0 radical (unpaired) electrons. The first-order chi connectivity index (χ1) is 16.3. The largest absolute Gasteiger partial charge is 0.507 e. The first-order valence-corrected chi connectivity index (χ1v) is 10.4. The number of carbonyl (C=O) groups excluding carboxylic acids is 3. The van der Waals surface area contributed by atoms with E-state index in [1.54, 1.807) is 43.6 Å². The molecule has 1 saturated heterocycles. The van der Waals surface area contributed by atoms with Crippen molar-refractivity contribution in [2.24, 2.45) is 0 Å². The molecule has 1 fully saturated rings. The number of likely N-dealkylation sites (tertiary alicyclic amines) is 1. The van der Waals surface area contributed by atoms with E-state index in [4.69, 9.17) is 4.74 Å². The summed E-state index contributed by atoms with van der Waals surface area (Å²) >= 11 is 0. The Morgan fingerprint density at radius 3 is 2.32 bits per heavy atom. The van der Waals surface area contributed by atoms with E-state index < -0.39 is 35.3 Å². The third kappa shape index (κ3) is 4.17. The smallest absolute Gasteiger partial charge is 0.337 e. The van der Waals surface area contributed by atoms with E-state index in [-0.39, 0.29) is 23.2 Å². The minimum absolute atomic E-state index is 0.0789. The van der Waals surface area contributed by atoms with Gasteiger partial charge < -0.3 is 14.7 Å². The quantitative estimate of drug-likeness (QED) is 0.268. The zero-order valence-electron chi connectivity index (χ0n) is 18.5. The Morgan fingerprint density at radius 1 is 1.06 bits per heavy atom. The summed E-state index contributed by atoms with van der Waals surface area (Å²) in [6, 6.07) is 12.8. The number of carbonyl (C=O) groups is 3. The van der Waals surface area contributed by atoms with Crippen molar-refractivity contribution in [2.45, 2.75) is 19.5 Å². The van der Waals surface area contributed by atoms with E-state index in [0.717, 1.165) is 11.6 Å². The zero-order valence-corrected chi connectivity index (χ0v) is 18.5. The number of aryl methyl sites for hydroxylation is 1. The van der Waals surface area contributed by atoms with Gasteiger partial charge in [0.15, 0.2) is 0 Å². The predicted molar refractivity (Wildman–Crippen MR) is 121 cm³/mol. The summed E-state index contributed by atoms with van der Waals surface area (Å²) < 4.78 is 18.9. The second kappa shape index (κ2) is 9.27. The van der Waals surface area contributed by atoms with Crippen LogP contribution in [-0.4, -0.2) is 39.8 Å². The van der Waals surface area contributed by atoms with Crippen LogP contribution in [0.4, 0.5) is 4.39 Å². The molecule has 2 heterocycles. The number of rotatable bonds is 5. The molecule has 8 heteroatoms. The van der Waals surface area contributed by atoms with Gasteiger partial charge in [0.2, 0.25) is 0 Å². The van der Waals surface area contributed by atoms with E-state index >= 15 is 0 Å². The number of aromatic nitrogens is 1. The molecule has 1 aliphatic rings. The first-order valence-electron chi connectivity index (χ1n) is 10.4. The maximum absolute atomic E-state index is 14.2. The number of nitrogens with zero attached hydrogens (tertiary/aromatic N) is 2. The number of ketones is 1. The Bertz CT molecular complexity index is 1300. The Morgan fingerprint density at radius 2 is 1.71 bits per heavy atom. The van der Waals surface area contributed by atoms with Gasteiger partial charge in [-0.1, -0.05) is 24.3 Å². The van der Waals surface area contributed by atoms with Gasteiger partial charge in [-0.05, 0) is 53.9 Å². The summed E-state index contributed by atoms with van der Waals surface area (Å²) in [5.74, 6) is -3.24. The Labute approximate surface area is 195 Å². The number of esters is 1. The molecule has 172 valence electrons. The molecule has 1 aromatic heterocycles. The van der Waals surface area contributed by atoms with E-state index in [9.17, 15) is 23.9 Å². The minimum atomic E-state index is -0.954. The van der Waals surface area contributed by atoms with Crippen molar-refractivity contribution in [2.75, 3.05) is 7.11 Å². The number of Topliss-reactive ketones (excluding diaryl/α,β-unsaturated/α-hetero) is 1. The number of hydrogen-bond donors (Lipinski definition) is 1. The number of amides is 1. The summed E-state index contributed by atoms with van der Waals surface area (Å²) in [6.45, 7) is 1.66. The van der Waals surface area contributed by atoms with Crippen molar-refractivity contribution in [3.63, 3.8) is 0 Å². The van der Waals surface area contributed by atoms with Crippen molar-refractivity contribution >= 4 is 23.4 Å². The van der Waals surface area contributed by atoms with Crippen LogP contribution in [-0.2, 0) is 20.9 Å². The number of halogens is 1. The molecule has 1 atom stereocenters. The molecule has 1 N–H and O–H groups in total. The number of benzene rings is 2. The van der Waals surface area contributed by atoms with Crippen LogP contribution in [0.25, 0.3) is 5.76 Å². The summed E-state index contributed by atoms with van der Waals surface area (Å²) in [6.07, 6.45) is 3.14. The second-order valence-corrected chi connectivity index (χ2v) is 7.86.